The zero-order valence-corrected chi connectivity index (χ0v) is 30.9. The van der Waals surface area contributed by atoms with Gasteiger partial charge in [0.1, 0.15) is 17.1 Å². The molecule has 50 heavy (non-hydrogen) atoms. The predicted molar refractivity (Wildman–Crippen MR) is 199 cm³/mol. The number of primary amides is 2. The van der Waals surface area contributed by atoms with Crippen LogP contribution in [0, 0.1) is 6.92 Å². The fraction of sp³-hybridized carbons (Fsp3) is 0.400. The molecule has 0 aliphatic heterocycles. The average molecular weight is 704 g/mol. The topological polar surface area (TPSA) is 207 Å². The zero-order valence-electron chi connectivity index (χ0n) is 29.9. The molecule has 0 fully saturated rings. The Morgan fingerprint density at radius 1 is 1.00 bits per heavy atom. The second-order valence-corrected chi connectivity index (χ2v) is 18.3. The van der Waals surface area contributed by atoms with Crippen LogP contribution in [-0.4, -0.2) is 65.1 Å². The molecule has 4 rings (SSSR count). The minimum Gasteiger partial charge on any atom is -0.491 e. The van der Waals surface area contributed by atoms with Gasteiger partial charge in [-0.15, -0.1) is 0 Å². The van der Waals surface area contributed by atoms with Crippen LogP contribution >= 0.6 is 0 Å². The fourth-order valence-electron chi connectivity index (χ4n) is 4.99. The van der Waals surface area contributed by atoms with E-state index in [-0.39, 0.29) is 16.5 Å². The molecule has 2 aromatic carbocycles. The SMILES string of the molecule is CCn1nc(C)cc1C(=O)Nc1nc2cc(C(N)=O)ccc2n1CC=CCNc1c(N)cc(C(N)=O)cc1OCCCO[Si](C)(C)C(C)(C)C. The van der Waals surface area contributed by atoms with E-state index in [4.69, 9.17) is 26.4 Å². The van der Waals surface area contributed by atoms with Crippen molar-refractivity contribution >= 4 is 54.4 Å². The maximum Gasteiger partial charge on any atom is 0.276 e. The van der Waals surface area contributed by atoms with Gasteiger partial charge in [0.15, 0.2) is 8.32 Å². The lowest BCUT2D eigenvalue weighted by Crippen LogP contribution is -2.41. The summed E-state index contributed by atoms with van der Waals surface area (Å²) < 4.78 is 15.8. The highest BCUT2D eigenvalue weighted by atomic mass is 28.4. The molecule has 14 nitrogen and oxygen atoms in total. The maximum absolute atomic E-state index is 13.3. The standard InChI is InChI=1S/C35H49N9O5Si/c1-8-44-28(18-22(2)42-44)33(47)41-34-40-26-20-23(31(37)45)12-13-27(26)43(34)15-10-9-14-39-30-25(36)19-24(32(38)46)21-29(30)48-16-11-17-49-50(6,7)35(3,4)5/h9-10,12-13,18-21,39H,8,11,14-17,36H2,1-7H3,(H2,37,45)(H2,38,46)(H,40,41,47). The summed E-state index contributed by atoms with van der Waals surface area (Å²) in [6.07, 6.45) is 4.45. The second-order valence-electron chi connectivity index (χ2n) is 13.5. The summed E-state index contributed by atoms with van der Waals surface area (Å²) in [4.78, 5) is 41.7. The molecule has 0 aliphatic rings. The number of ether oxygens (including phenoxy) is 1. The van der Waals surface area contributed by atoms with Crippen molar-refractivity contribution in [1.29, 1.82) is 0 Å². The number of imidazole rings is 1. The first-order valence-electron chi connectivity index (χ1n) is 16.6. The number of rotatable bonds is 16. The van der Waals surface area contributed by atoms with Gasteiger partial charge in [-0.25, -0.2) is 4.98 Å². The van der Waals surface area contributed by atoms with Crippen LogP contribution in [0.15, 0.2) is 48.6 Å². The van der Waals surface area contributed by atoms with Crippen molar-refractivity contribution in [1.82, 2.24) is 19.3 Å². The van der Waals surface area contributed by atoms with E-state index in [0.29, 0.717) is 84.6 Å². The average Bonchev–Trinajstić information content (AvgIpc) is 3.59. The van der Waals surface area contributed by atoms with Gasteiger partial charge in [-0.3, -0.25) is 24.4 Å². The maximum atomic E-state index is 13.3. The van der Waals surface area contributed by atoms with Crippen LogP contribution in [0.4, 0.5) is 17.3 Å². The highest BCUT2D eigenvalue weighted by Crippen LogP contribution is 2.37. The smallest absolute Gasteiger partial charge is 0.276 e. The van der Waals surface area contributed by atoms with Gasteiger partial charge in [0.25, 0.3) is 5.91 Å². The third-order valence-electron chi connectivity index (χ3n) is 8.78. The van der Waals surface area contributed by atoms with E-state index in [0.717, 1.165) is 5.69 Å². The van der Waals surface area contributed by atoms with Gasteiger partial charge in [0, 0.05) is 43.8 Å². The van der Waals surface area contributed by atoms with Crippen LogP contribution in [0.5, 0.6) is 5.75 Å². The van der Waals surface area contributed by atoms with E-state index < -0.39 is 20.1 Å². The molecule has 268 valence electrons. The Morgan fingerprint density at radius 3 is 2.38 bits per heavy atom. The van der Waals surface area contributed by atoms with Crippen LogP contribution < -0.4 is 32.6 Å². The largest absolute Gasteiger partial charge is 0.491 e. The summed E-state index contributed by atoms with van der Waals surface area (Å²) in [5.74, 6) is -0.839. The first-order chi connectivity index (χ1) is 23.5. The molecule has 0 spiro atoms. The summed E-state index contributed by atoms with van der Waals surface area (Å²) in [7, 11) is -1.88. The molecule has 0 unspecified atom stereocenters. The summed E-state index contributed by atoms with van der Waals surface area (Å²) in [5.41, 5.74) is 21.1. The summed E-state index contributed by atoms with van der Waals surface area (Å²) in [6, 6.07) is 9.76. The highest BCUT2D eigenvalue weighted by Gasteiger charge is 2.36. The number of allylic oxidation sites excluding steroid dienone is 1. The molecule has 2 aromatic heterocycles. The number of hydrogen-bond acceptors (Lipinski definition) is 9. The number of nitrogens with two attached hydrogens (primary N) is 3. The Hall–Kier alpha value is -5.15. The lowest BCUT2D eigenvalue weighted by atomic mass is 10.1. The third-order valence-corrected chi connectivity index (χ3v) is 13.3. The molecule has 0 aliphatic carbocycles. The summed E-state index contributed by atoms with van der Waals surface area (Å²) in [5, 5.41) is 10.7. The number of nitrogens with zero attached hydrogens (tertiary/aromatic N) is 4. The summed E-state index contributed by atoms with van der Waals surface area (Å²) >= 11 is 0. The molecule has 15 heteroatoms. The van der Waals surface area contributed by atoms with Crippen molar-refractivity contribution < 1.29 is 23.5 Å². The van der Waals surface area contributed by atoms with Crippen LogP contribution in [0.1, 0.15) is 71.0 Å². The Morgan fingerprint density at radius 2 is 1.72 bits per heavy atom. The fourth-order valence-corrected chi connectivity index (χ4v) is 6.08. The lowest BCUT2D eigenvalue weighted by molar-refractivity contribution is 0.0991. The number of fused-ring (bicyclic) bond motifs is 1. The molecule has 0 bridgehead atoms. The lowest BCUT2D eigenvalue weighted by Gasteiger charge is -2.36. The highest BCUT2D eigenvalue weighted by molar-refractivity contribution is 6.74. The Bertz CT molecular complexity index is 1910. The van der Waals surface area contributed by atoms with Gasteiger partial charge in [-0.1, -0.05) is 32.9 Å². The van der Waals surface area contributed by atoms with Crippen LogP contribution in [0.25, 0.3) is 11.0 Å². The Labute approximate surface area is 293 Å². The molecule has 3 amide bonds. The van der Waals surface area contributed by atoms with Crippen molar-refractivity contribution in [3.05, 3.63) is 71.1 Å². The zero-order chi connectivity index (χ0) is 36.8. The minimum atomic E-state index is -1.88. The summed E-state index contributed by atoms with van der Waals surface area (Å²) in [6.45, 7) is 16.9. The van der Waals surface area contributed by atoms with Crippen LogP contribution in [0.2, 0.25) is 18.1 Å². The quantitative estimate of drug-likeness (QED) is 0.0457. The van der Waals surface area contributed by atoms with E-state index >= 15 is 0 Å². The van der Waals surface area contributed by atoms with Crippen molar-refractivity contribution in [2.75, 3.05) is 36.1 Å². The van der Waals surface area contributed by atoms with Crippen molar-refractivity contribution in [3.8, 4) is 5.75 Å². The van der Waals surface area contributed by atoms with E-state index in [1.165, 1.54) is 6.07 Å². The number of nitrogens with one attached hydrogen (secondary N) is 2. The second kappa shape index (κ2) is 15.6. The molecule has 0 atom stereocenters. The molecule has 0 saturated carbocycles. The number of anilines is 3. The Kier molecular flexibility index (Phi) is 11.7. The van der Waals surface area contributed by atoms with Gasteiger partial charge in [0.2, 0.25) is 17.8 Å². The number of carbonyl (C=O) groups excluding carboxylic acids is 3. The molecular formula is C35H49N9O5Si. The van der Waals surface area contributed by atoms with Gasteiger partial charge in [-0.2, -0.15) is 5.10 Å². The first-order valence-corrected chi connectivity index (χ1v) is 19.5. The van der Waals surface area contributed by atoms with Gasteiger partial charge in [-0.05, 0) is 68.4 Å². The minimum absolute atomic E-state index is 0.107. The van der Waals surface area contributed by atoms with E-state index in [1.54, 1.807) is 35.0 Å². The van der Waals surface area contributed by atoms with E-state index in [2.05, 4.69) is 54.6 Å². The monoisotopic (exact) mass is 703 g/mol. The van der Waals surface area contributed by atoms with E-state index in [9.17, 15) is 14.4 Å². The number of amides is 3. The molecule has 0 saturated heterocycles. The number of carbonyl (C=O) groups is 3. The molecule has 0 radical (unpaired) electrons. The molecule has 2 heterocycles. The molecule has 8 N–H and O–H groups in total. The van der Waals surface area contributed by atoms with Gasteiger partial charge in [0.05, 0.1) is 29.0 Å². The number of nitrogen functional groups attached to an aromatic ring is 1. The number of benzene rings is 2. The predicted octanol–water partition coefficient (Wildman–Crippen LogP) is 5.05. The number of aryl methyl sites for hydroxylation is 2. The third kappa shape index (κ3) is 8.89. The number of aromatic nitrogens is 4. The van der Waals surface area contributed by atoms with E-state index in [1.807, 2.05) is 30.6 Å². The van der Waals surface area contributed by atoms with Crippen LogP contribution in [-0.2, 0) is 17.5 Å². The van der Waals surface area contributed by atoms with Gasteiger partial charge >= 0.3 is 0 Å². The first kappa shape index (κ1) is 37.7. The normalized spacial score (nSPS) is 12.1. The Balaban J connectivity index is 1.49. The van der Waals surface area contributed by atoms with Crippen molar-refractivity contribution in [2.45, 2.75) is 72.3 Å². The molecule has 4 aromatic rings. The van der Waals surface area contributed by atoms with Crippen LogP contribution in [0.3, 0.4) is 0 Å². The van der Waals surface area contributed by atoms with Gasteiger partial charge < -0.3 is 36.2 Å². The van der Waals surface area contributed by atoms with Crippen molar-refractivity contribution in [2.24, 2.45) is 11.5 Å². The number of hydrogen-bond donors (Lipinski definition) is 5. The van der Waals surface area contributed by atoms with Crippen molar-refractivity contribution in [3.63, 3.8) is 0 Å². The molecular weight excluding hydrogens is 655 g/mol.